The Bertz CT molecular complexity index is 619. The lowest BCUT2D eigenvalue weighted by atomic mass is 9.84. The molecule has 1 heterocycles. The predicted molar refractivity (Wildman–Crippen MR) is 106 cm³/mol. The number of aliphatic hydroxyl groups is 1. The van der Waals surface area contributed by atoms with E-state index in [2.05, 4.69) is 4.98 Å². The van der Waals surface area contributed by atoms with Crippen LogP contribution in [0.4, 0.5) is 0 Å². The normalized spacial score (nSPS) is 18.6. The second-order valence-electron chi connectivity index (χ2n) is 8.10. The van der Waals surface area contributed by atoms with Gasteiger partial charge in [-0.25, -0.2) is 4.79 Å². The minimum atomic E-state index is -2.07. The van der Waals surface area contributed by atoms with Gasteiger partial charge in [-0.05, 0) is 31.2 Å². The van der Waals surface area contributed by atoms with Gasteiger partial charge in [-0.1, -0.05) is 33.1 Å². The van der Waals surface area contributed by atoms with Crippen LogP contribution in [0.3, 0.4) is 0 Å². The number of rotatable bonds is 11. The van der Waals surface area contributed by atoms with E-state index in [1.54, 1.807) is 18.3 Å². The molecule has 2 rings (SSSR count). The van der Waals surface area contributed by atoms with Gasteiger partial charge in [0.1, 0.15) is 12.4 Å². The lowest BCUT2D eigenvalue weighted by Crippen LogP contribution is -2.56. The maximum absolute atomic E-state index is 11.7. The number of aromatic nitrogens is 1. The highest BCUT2D eigenvalue weighted by Gasteiger charge is 2.43. The van der Waals surface area contributed by atoms with Gasteiger partial charge in [0.15, 0.2) is 5.60 Å². The van der Waals surface area contributed by atoms with Crippen LogP contribution in [-0.4, -0.2) is 52.1 Å². The number of hydrogen-bond acceptors (Lipinski definition) is 6. The van der Waals surface area contributed by atoms with Gasteiger partial charge in [0.05, 0.1) is 12.7 Å². The van der Waals surface area contributed by atoms with Crippen LogP contribution >= 0.6 is 0 Å². The van der Waals surface area contributed by atoms with Crippen molar-refractivity contribution in [1.82, 2.24) is 4.98 Å². The maximum atomic E-state index is 11.7. The Labute approximate surface area is 167 Å². The molecule has 7 heteroatoms. The van der Waals surface area contributed by atoms with Crippen LogP contribution in [0, 0.1) is 5.92 Å². The standard InChI is InChI=1S/C21H34N2O5/c1-15(2)12-19(22)21(26,20(24)25)14-16-13-18(8-9-23-16)28-11-10-27-17-6-4-3-5-7-17/h8-9,13,15,17,19,26H,3-7,10-12,14,22H2,1-2H3,(H,24,25)/t19-,21+/m0/s1. The molecule has 1 aliphatic carbocycles. The van der Waals surface area contributed by atoms with Crippen LogP contribution in [0.2, 0.25) is 0 Å². The molecule has 158 valence electrons. The van der Waals surface area contributed by atoms with E-state index in [1.165, 1.54) is 19.3 Å². The van der Waals surface area contributed by atoms with Crippen molar-refractivity contribution in [2.24, 2.45) is 11.7 Å². The average molecular weight is 395 g/mol. The quantitative estimate of drug-likeness (QED) is 0.494. The van der Waals surface area contributed by atoms with E-state index in [-0.39, 0.29) is 12.3 Å². The van der Waals surface area contributed by atoms with Crippen molar-refractivity contribution in [1.29, 1.82) is 0 Å². The summed E-state index contributed by atoms with van der Waals surface area (Å²) in [7, 11) is 0. The highest BCUT2D eigenvalue weighted by atomic mass is 16.5. The van der Waals surface area contributed by atoms with E-state index in [1.807, 2.05) is 13.8 Å². The smallest absolute Gasteiger partial charge is 0.337 e. The van der Waals surface area contributed by atoms with Crippen LogP contribution in [-0.2, 0) is 16.0 Å². The number of carbonyl (C=O) groups is 1. The van der Waals surface area contributed by atoms with Crippen LogP contribution in [0.15, 0.2) is 18.3 Å². The summed E-state index contributed by atoms with van der Waals surface area (Å²) in [5.74, 6) is -0.593. The molecule has 28 heavy (non-hydrogen) atoms. The second kappa shape index (κ2) is 10.7. The predicted octanol–water partition coefficient (Wildman–Crippen LogP) is 2.54. The Morgan fingerprint density at radius 3 is 2.68 bits per heavy atom. The van der Waals surface area contributed by atoms with Gasteiger partial charge in [-0.3, -0.25) is 4.98 Å². The van der Waals surface area contributed by atoms with E-state index < -0.39 is 17.6 Å². The largest absolute Gasteiger partial charge is 0.491 e. The molecule has 0 amide bonds. The highest BCUT2D eigenvalue weighted by Crippen LogP contribution is 2.23. The zero-order chi connectivity index (χ0) is 20.6. The van der Waals surface area contributed by atoms with E-state index in [0.29, 0.717) is 37.2 Å². The van der Waals surface area contributed by atoms with Gasteiger partial charge in [0.2, 0.25) is 0 Å². The van der Waals surface area contributed by atoms with Crippen molar-refractivity contribution in [3.63, 3.8) is 0 Å². The third kappa shape index (κ3) is 6.72. The second-order valence-corrected chi connectivity index (χ2v) is 8.10. The first-order valence-corrected chi connectivity index (χ1v) is 10.2. The van der Waals surface area contributed by atoms with Crippen molar-refractivity contribution >= 4 is 5.97 Å². The number of hydrogen-bond donors (Lipinski definition) is 3. The van der Waals surface area contributed by atoms with Crippen LogP contribution in [0.25, 0.3) is 0 Å². The molecule has 0 aromatic carbocycles. The molecule has 0 unspecified atom stereocenters. The van der Waals surface area contributed by atoms with Crippen LogP contribution in [0.1, 0.15) is 58.1 Å². The Morgan fingerprint density at radius 2 is 2.04 bits per heavy atom. The molecule has 0 saturated heterocycles. The van der Waals surface area contributed by atoms with Gasteiger partial charge in [-0.2, -0.15) is 0 Å². The zero-order valence-electron chi connectivity index (χ0n) is 17.0. The molecule has 1 saturated carbocycles. The van der Waals surface area contributed by atoms with E-state index in [4.69, 9.17) is 15.2 Å². The molecule has 2 atom stereocenters. The van der Waals surface area contributed by atoms with Gasteiger partial charge < -0.3 is 25.4 Å². The number of carboxylic acid groups (broad SMARTS) is 1. The van der Waals surface area contributed by atoms with Crippen molar-refractivity contribution < 1.29 is 24.5 Å². The Hall–Kier alpha value is -1.70. The molecular formula is C21H34N2O5. The Morgan fingerprint density at radius 1 is 1.32 bits per heavy atom. The summed E-state index contributed by atoms with van der Waals surface area (Å²) in [5.41, 5.74) is 4.36. The number of nitrogens with zero attached hydrogens (tertiary/aromatic N) is 1. The first-order valence-electron chi connectivity index (χ1n) is 10.2. The molecule has 1 aromatic rings. The van der Waals surface area contributed by atoms with Crippen molar-refractivity contribution in [3.8, 4) is 5.75 Å². The van der Waals surface area contributed by atoms with Gasteiger partial charge >= 0.3 is 5.97 Å². The molecule has 1 aliphatic rings. The summed E-state index contributed by atoms with van der Waals surface area (Å²) < 4.78 is 11.6. The molecule has 0 spiro atoms. The topological polar surface area (TPSA) is 115 Å². The number of aliphatic carboxylic acids is 1. The number of carboxylic acids is 1. The average Bonchev–Trinajstić information content (AvgIpc) is 2.65. The fraction of sp³-hybridized carbons (Fsp3) is 0.714. The SMILES string of the molecule is CC(C)C[C@H](N)[C@](O)(Cc1cc(OCCOC2CCCCC2)ccn1)C(=O)O. The first-order chi connectivity index (χ1) is 13.3. The molecule has 4 N–H and O–H groups in total. The number of nitrogens with two attached hydrogens (primary N) is 1. The van der Waals surface area contributed by atoms with Gasteiger partial charge in [-0.15, -0.1) is 0 Å². The summed E-state index contributed by atoms with van der Waals surface area (Å²) in [5, 5.41) is 20.2. The first kappa shape index (κ1) is 22.6. The van der Waals surface area contributed by atoms with E-state index in [9.17, 15) is 15.0 Å². The summed E-state index contributed by atoms with van der Waals surface area (Å²) in [6, 6.07) is 2.47. The molecule has 0 aliphatic heterocycles. The van der Waals surface area contributed by atoms with Crippen molar-refractivity contribution in [2.45, 2.75) is 76.5 Å². The fourth-order valence-electron chi connectivity index (χ4n) is 3.59. The zero-order valence-corrected chi connectivity index (χ0v) is 17.0. The molecule has 7 nitrogen and oxygen atoms in total. The Kier molecular flexibility index (Phi) is 8.66. The van der Waals surface area contributed by atoms with Gasteiger partial charge in [0.25, 0.3) is 0 Å². The summed E-state index contributed by atoms with van der Waals surface area (Å²) in [4.78, 5) is 15.9. The Balaban J connectivity index is 1.90. The lowest BCUT2D eigenvalue weighted by Gasteiger charge is -2.30. The third-order valence-electron chi connectivity index (χ3n) is 5.21. The molecule has 1 aromatic heterocycles. The highest BCUT2D eigenvalue weighted by molar-refractivity contribution is 5.78. The fourth-order valence-corrected chi connectivity index (χ4v) is 3.59. The molecule has 1 fully saturated rings. The summed E-state index contributed by atoms with van der Waals surface area (Å²) in [6.07, 6.45) is 8.08. The third-order valence-corrected chi connectivity index (χ3v) is 5.21. The monoisotopic (exact) mass is 394 g/mol. The minimum Gasteiger partial charge on any atom is -0.491 e. The van der Waals surface area contributed by atoms with Crippen molar-refractivity contribution in [2.75, 3.05) is 13.2 Å². The minimum absolute atomic E-state index is 0.174. The number of ether oxygens (including phenoxy) is 2. The van der Waals surface area contributed by atoms with Gasteiger partial charge in [0, 0.05) is 30.4 Å². The summed E-state index contributed by atoms with van der Waals surface area (Å²) in [6.45, 7) is 4.80. The van der Waals surface area contributed by atoms with E-state index in [0.717, 1.165) is 12.8 Å². The van der Waals surface area contributed by atoms with Crippen molar-refractivity contribution in [3.05, 3.63) is 24.0 Å². The van der Waals surface area contributed by atoms with Crippen LogP contribution in [0.5, 0.6) is 5.75 Å². The maximum Gasteiger partial charge on any atom is 0.337 e. The van der Waals surface area contributed by atoms with Crippen LogP contribution < -0.4 is 10.5 Å². The molecule has 0 radical (unpaired) electrons. The molecular weight excluding hydrogens is 360 g/mol. The lowest BCUT2D eigenvalue weighted by molar-refractivity contribution is -0.161. The molecule has 0 bridgehead atoms. The summed E-state index contributed by atoms with van der Waals surface area (Å²) >= 11 is 0. The number of pyridine rings is 1. The van der Waals surface area contributed by atoms with E-state index >= 15 is 0 Å².